The second-order valence-corrected chi connectivity index (χ2v) is 8.00. The van der Waals surface area contributed by atoms with Gasteiger partial charge >= 0.3 is 0 Å². The third-order valence-corrected chi connectivity index (χ3v) is 5.90. The number of rotatable bonds is 8. The van der Waals surface area contributed by atoms with Crippen LogP contribution in [0.5, 0.6) is 0 Å². The van der Waals surface area contributed by atoms with Gasteiger partial charge in [-0.1, -0.05) is 30.3 Å². The highest BCUT2D eigenvalue weighted by Crippen LogP contribution is 2.20. The fourth-order valence-electron chi connectivity index (χ4n) is 4.17. The first-order valence-electron chi connectivity index (χ1n) is 10.6. The molecule has 0 aromatic heterocycles. The molecule has 2 aliphatic heterocycles. The molecule has 0 radical (unpaired) electrons. The number of carbonyl (C=O) groups is 1. The molecule has 0 bridgehead atoms. The van der Waals surface area contributed by atoms with Crippen molar-refractivity contribution in [3.05, 3.63) is 35.9 Å². The van der Waals surface area contributed by atoms with E-state index >= 15 is 0 Å². The highest BCUT2D eigenvalue weighted by atomic mass is 16.5. The Bertz CT molecular complexity index is 554. The number of nitrogens with one attached hydrogen (secondary N) is 1. The van der Waals surface area contributed by atoms with E-state index in [2.05, 4.69) is 46.3 Å². The number of hydrogen-bond donors (Lipinski definition) is 1. The zero-order valence-electron chi connectivity index (χ0n) is 16.7. The van der Waals surface area contributed by atoms with Gasteiger partial charge in [0, 0.05) is 38.6 Å². The molecule has 1 amide bonds. The lowest BCUT2D eigenvalue weighted by atomic mass is 9.93. The Morgan fingerprint density at radius 2 is 1.93 bits per heavy atom. The van der Waals surface area contributed by atoms with Crippen LogP contribution in [0.2, 0.25) is 0 Å². The second kappa shape index (κ2) is 10.8. The van der Waals surface area contributed by atoms with E-state index in [0.29, 0.717) is 24.8 Å². The van der Waals surface area contributed by atoms with Crippen molar-refractivity contribution in [2.24, 2.45) is 5.92 Å². The van der Waals surface area contributed by atoms with E-state index in [1.54, 1.807) is 0 Å². The monoisotopic (exact) mass is 373 g/mol. The molecule has 2 fully saturated rings. The number of benzene rings is 1. The summed E-state index contributed by atoms with van der Waals surface area (Å²) in [5.74, 6) is 1.00. The number of ether oxygens (including phenoxy) is 1. The number of piperidine rings is 1. The van der Waals surface area contributed by atoms with Gasteiger partial charge in [-0.05, 0) is 50.8 Å². The molecule has 5 heteroatoms. The molecule has 2 heterocycles. The van der Waals surface area contributed by atoms with Crippen LogP contribution >= 0.6 is 0 Å². The molecular formula is C22H35N3O2. The van der Waals surface area contributed by atoms with Gasteiger partial charge < -0.3 is 15.0 Å². The molecule has 1 N–H and O–H groups in total. The van der Waals surface area contributed by atoms with Crippen LogP contribution in [0.15, 0.2) is 30.3 Å². The average Bonchev–Trinajstić information content (AvgIpc) is 2.72. The smallest absolute Gasteiger partial charge is 0.223 e. The van der Waals surface area contributed by atoms with Crippen LogP contribution in [0.25, 0.3) is 0 Å². The molecular weight excluding hydrogens is 338 g/mol. The standard InChI is InChI=1S/C22H35N3O2/c1-19(17-24-13-15-27-16-14-24)25(18-21-5-3-2-4-6-21)22(26)8-7-20-9-11-23-12-10-20/h2-6,19-20,23H,7-18H2,1H3. The molecule has 1 atom stereocenters. The summed E-state index contributed by atoms with van der Waals surface area (Å²) in [6.45, 7) is 9.55. The van der Waals surface area contributed by atoms with Crippen molar-refractivity contribution < 1.29 is 9.53 Å². The van der Waals surface area contributed by atoms with Gasteiger partial charge in [-0.2, -0.15) is 0 Å². The fraction of sp³-hybridized carbons (Fsp3) is 0.682. The minimum atomic E-state index is 0.212. The first kappa shape index (κ1) is 20.3. The number of hydrogen-bond acceptors (Lipinski definition) is 4. The first-order valence-corrected chi connectivity index (χ1v) is 10.6. The van der Waals surface area contributed by atoms with Crippen molar-refractivity contribution >= 4 is 5.91 Å². The maximum absolute atomic E-state index is 13.1. The Balaban J connectivity index is 1.59. The molecule has 27 heavy (non-hydrogen) atoms. The maximum atomic E-state index is 13.1. The predicted molar refractivity (Wildman–Crippen MR) is 109 cm³/mol. The third kappa shape index (κ3) is 6.59. The van der Waals surface area contributed by atoms with Crippen molar-refractivity contribution in [3.8, 4) is 0 Å². The molecule has 2 saturated heterocycles. The van der Waals surface area contributed by atoms with E-state index in [9.17, 15) is 4.79 Å². The van der Waals surface area contributed by atoms with E-state index < -0.39 is 0 Å². The van der Waals surface area contributed by atoms with Crippen LogP contribution < -0.4 is 5.32 Å². The summed E-state index contributed by atoms with van der Waals surface area (Å²) >= 11 is 0. The average molecular weight is 374 g/mol. The Kier molecular flexibility index (Phi) is 8.11. The summed E-state index contributed by atoms with van der Waals surface area (Å²) in [7, 11) is 0. The molecule has 0 spiro atoms. The van der Waals surface area contributed by atoms with Crippen molar-refractivity contribution in [2.75, 3.05) is 45.9 Å². The normalized spacial score (nSPS) is 20.3. The van der Waals surface area contributed by atoms with Crippen molar-refractivity contribution in [1.82, 2.24) is 15.1 Å². The van der Waals surface area contributed by atoms with Crippen LogP contribution in [0.1, 0.15) is 38.2 Å². The highest BCUT2D eigenvalue weighted by molar-refractivity contribution is 5.76. The molecule has 1 aromatic rings. The lowest BCUT2D eigenvalue weighted by molar-refractivity contribution is -0.135. The Labute approximate surface area is 164 Å². The molecule has 1 unspecified atom stereocenters. The van der Waals surface area contributed by atoms with Gasteiger partial charge in [0.1, 0.15) is 0 Å². The van der Waals surface area contributed by atoms with Gasteiger partial charge in [0.15, 0.2) is 0 Å². The molecule has 1 aromatic carbocycles. The Morgan fingerprint density at radius 3 is 2.63 bits per heavy atom. The van der Waals surface area contributed by atoms with Gasteiger partial charge in [-0.15, -0.1) is 0 Å². The van der Waals surface area contributed by atoms with Crippen LogP contribution in [-0.2, 0) is 16.1 Å². The summed E-state index contributed by atoms with van der Waals surface area (Å²) in [5.41, 5.74) is 1.21. The molecule has 3 rings (SSSR count). The maximum Gasteiger partial charge on any atom is 0.223 e. The zero-order valence-corrected chi connectivity index (χ0v) is 16.7. The van der Waals surface area contributed by atoms with Gasteiger partial charge in [0.25, 0.3) is 0 Å². The SMILES string of the molecule is CC(CN1CCOCC1)N(Cc1ccccc1)C(=O)CCC1CCNCC1. The predicted octanol–water partition coefficient (Wildman–Crippen LogP) is 2.52. The summed E-state index contributed by atoms with van der Waals surface area (Å²) in [6, 6.07) is 10.6. The molecule has 2 aliphatic rings. The van der Waals surface area contributed by atoms with E-state index in [0.717, 1.165) is 52.4 Å². The minimum Gasteiger partial charge on any atom is -0.379 e. The van der Waals surface area contributed by atoms with E-state index in [1.165, 1.54) is 18.4 Å². The van der Waals surface area contributed by atoms with E-state index in [-0.39, 0.29) is 6.04 Å². The van der Waals surface area contributed by atoms with E-state index in [4.69, 9.17) is 4.74 Å². The molecule has 0 aliphatic carbocycles. The van der Waals surface area contributed by atoms with Gasteiger partial charge in [0.2, 0.25) is 5.91 Å². The topological polar surface area (TPSA) is 44.8 Å². The van der Waals surface area contributed by atoms with Crippen LogP contribution in [0.4, 0.5) is 0 Å². The largest absolute Gasteiger partial charge is 0.379 e. The summed E-state index contributed by atoms with van der Waals surface area (Å²) < 4.78 is 5.46. The second-order valence-electron chi connectivity index (χ2n) is 8.00. The zero-order chi connectivity index (χ0) is 18.9. The fourth-order valence-corrected chi connectivity index (χ4v) is 4.17. The summed E-state index contributed by atoms with van der Waals surface area (Å²) in [4.78, 5) is 17.7. The van der Waals surface area contributed by atoms with Crippen molar-refractivity contribution in [1.29, 1.82) is 0 Å². The third-order valence-electron chi connectivity index (χ3n) is 5.90. The first-order chi connectivity index (χ1) is 13.2. The lowest BCUT2D eigenvalue weighted by Gasteiger charge is -2.35. The minimum absolute atomic E-state index is 0.212. The highest BCUT2D eigenvalue weighted by Gasteiger charge is 2.24. The van der Waals surface area contributed by atoms with Gasteiger partial charge in [-0.25, -0.2) is 0 Å². The van der Waals surface area contributed by atoms with Gasteiger partial charge in [-0.3, -0.25) is 9.69 Å². The van der Waals surface area contributed by atoms with Crippen molar-refractivity contribution in [2.45, 2.75) is 45.2 Å². The summed E-state index contributed by atoms with van der Waals surface area (Å²) in [5, 5.41) is 3.41. The number of morpholine rings is 1. The molecule has 150 valence electrons. The molecule has 0 saturated carbocycles. The number of amides is 1. The van der Waals surface area contributed by atoms with Crippen LogP contribution in [0, 0.1) is 5.92 Å². The quantitative estimate of drug-likeness (QED) is 0.761. The van der Waals surface area contributed by atoms with Crippen molar-refractivity contribution in [3.63, 3.8) is 0 Å². The lowest BCUT2D eigenvalue weighted by Crippen LogP contribution is -2.48. The Hall–Kier alpha value is -1.43. The molecule has 5 nitrogen and oxygen atoms in total. The Morgan fingerprint density at radius 1 is 1.22 bits per heavy atom. The number of nitrogens with zero attached hydrogens (tertiary/aromatic N) is 2. The summed E-state index contributed by atoms with van der Waals surface area (Å²) in [6.07, 6.45) is 4.10. The number of carbonyl (C=O) groups excluding carboxylic acids is 1. The van der Waals surface area contributed by atoms with E-state index in [1.807, 2.05) is 6.07 Å². The van der Waals surface area contributed by atoms with Crippen LogP contribution in [-0.4, -0.2) is 67.7 Å². The van der Waals surface area contributed by atoms with Gasteiger partial charge in [0.05, 0.1) is 13.2 Å². The van der Waals surface area contributed by atoms with Crippen LogP contribution in [0.3, 0.4) is 0 Å².